The maximum atomic E-state index is 13.2. The average molecular weight is 475 g/mol. The highest BCUT2D eigenvalue weighted by molar-refractivity contribution is 6.07. The maximum absolute atomic E-state index is 13.2. The third-order valence-corrected chi connectivity index (χ3v) is 5.85. The summed E-state index contributed by atoms with van der Waals surface area (Å²) in [4.78, 5) is 25.7. The lowest BCUT2D eigenvalue weighted by Gasteiger charge is -2.12. The number of benzene rings is 5. The van der Waals surface area contributed by atoms with Gasteiger partial charge in [-0.25, -0.2) is 10.2 Å². The Morgan fingerprint density at radius 3 is 2.17 bits per heavy atom. The van der Waals surface area contributed by atoms with E-state index in [4.69, 9.17) is 9.47 Å². The van der Waals surface area contributed by atoms with Crippen LogP contribution in [0.25, 0.3) is 21.5 Å². The molecule has 0 unspecified atom stereocenters. The first-order chi connectivity index (χ1) is 17.6. The van der Waals surface area contributed by atoms with Crippen LogP contribution < -0.4 is 14.9 Å². The van der Waals surface area contributed by atoms with Gasteiger partial charge in [0, 0.05) is 11.1 Å². The number of carbonyl (C=O) groups excluding carboxylic acids is 2. The molecule has 0 fully saturated rings. The van der Waals surface area contributed by atoms with Gasteiger partial charge in [0.25, 0.3) is 5.91 Å². The zero-order valence-corrected chi connectivity index (χ0v) is 19.5. The molecule has 36 heavy (non-hydrogen) atoms. The van der Waals surface area contributed by atoms with Crippen LogP contribution in [0, 0.1) is 0 Å². The van der Waals surface area contributed by atoms with Gasteiger partial charge in [0.05, 0.1) is 18.9 Å². The van der Waals surface area contributed by atoms with Crippen molar-refractivity contribution in [3.8, 4) is 11.5 Å². The van der Waals surface area contributed by atoms with E-state index in [0.717, 1.165) is 21.5 Å². The van der Waals surface area contributed by atoms with Crippen molar-refractivity contribution < 1.29 is 19.1 Å². The standard InChI is InChI=1S/C30H22N2O4/c1-35-23-16-13-22(14-17-23)29(33)32-31-19-27-25-11-5-3-8-21(25)15-18-28(27)36-30(34)26-12-6-9-20-7-2-4-10-24(20)26/h2-19H,1H3,(H,32,33). The molecule has 0 aliphatic carbocycles. The van der Waals surface area contributed by atoms with Crippen LogP contribution in [-0.4, -0.2) is 25.2 Å². The zero-order valence-electron chi connectivity index (χ0n) is 19.5. The minimum Gasteiger partial charge on any atom is -0.497 e. The predicted molar refractivity (Wildman–Crippen MR) is 141 cm³/mol. The Labute approximate surface area is 207 Å². The van der Waals surface area contributed by atoms with Gasteiger partial charge in [0.15, 0.2) is 0 Å². The van der Waals surface area contributed by atoms with Crippen LogP contribution in [0.5, 0.6) is 11.5 Å². The van der Waals surface area contributed by atoms with E-state index in [2.05, 4.69) is 10.5 Å². The van der Waals surface area contributed by atoms with Crippen LogP contribution in [0.1, 0.15) is 26.3 Å². The van der Waals surface area contributed by atoms with Gasteiger partial charge in [-0.2, -0.15) is 5.10 Å². The summed E-state index contributed by atoms with van der Waals surface area (Å²) in [6.45, 7) is 0. The number of methoxy groups -OCH3 is 1. The summed E-state index contributed by atoms with van der Waals surface area (Å²) in [7, 11) is 1.56. The highest BCUT2D eigenvalue weighted by Gasteiger charge is 2.16. The number of fused-ring (bicyclic) bond motifs is 2. The van der Waals surface area contributed by atoms with E-state index in [1.165, 1.54) is 6.21 Å². The largest absolute Gasteiger partial charge is 0.497 e. The molecule has 5 rings (SSSR count). The quantitative estimate of drug-likeness (QED) is 0.142. The summed E-state index contributed by atoms with van der Waals surface area (Å²) in [6.07, 6.45) is 1.50. The fourth-order valence-corrected chi connectivity index (χ4v) is 4.02. The minimum absolute atomic E-state index is 0.342. The van der Waals surface area contributed by atoms with Gasteiger partial charge >= 0.3 is 5.97 Å². The van der Waals surface area contributed by atoms with Crippen LogP contribution in [0.3, 0.4) is 0 Å². The van der Waals surface area contributed by atoms with Gasteiger partial charge in [0.2, 0.25) is 0 Å². The van der Waals surface area contributed by atoms with Crippen LogP contribution in [0.15, 0.2) is 108 Å². The number of carbonyl (C=O) groups is 2. The van der Waals surface area contributed by atoms with E-state index in [1.807, 2.05) is 66.7 Å². The highest BCUT2D eigenvalue weighted by Crippen LogP contribution is 2.28. The van der Waals surface area contributed by atoms with Gasteiger partial charge in [-0.15, -0.1) is 0 Å². The molecule has 0 atom stereocenters. The van der Waals surface area contributed by atoms with Gasteiger partial charge in [0.1, 0.15) is 11.5 Å². The molecule has 176 valence electrons. The summed E-state index contributed by atoms with van der Waals surface area (Å²) in [5.74, 6) is 0.153. The number of amides is 1. The molecule has 1 amide bonds. The molecule has 5 aromatic rings. The summed E-state index contributed by atoms with van der Waals surface area (Å²) in [5.41, 5.74) is 4.02. The number of esters is 1. The number of ether oxygens (including phenoxy) is 2. The first-order valence-electron chi connectivity index (χ1n) is 11.3. The van der Waals surface area contributed by atoms with Crippen molar-refractivity contribution in [3.05, 3.63) is 120 Å². The van der Waals surface area contributed by atoms with E-state index in [0.29, 0.717) is 28.2 Å². The Morgan fingerprint density at radius 1 is 0.750 bits per heavy atom. The second kappa shape index (κ2) is 10.1. The third-order valence-electron chi connectivity index (χ3n) is 5.85. The van der Waals surface area contributed by atoms with E-state index in [1.54, 1.807) is 43.5 Å². The summed E-state index contributed by atoms with van der Waals surface area (Å²) in [6, 6.07) is 31.2. The fourth-order valence-electron chi connectivity index (χ4n) is 4.02. The Bertz CT molecular complexity index is 1600. The predicted octanol–water partition coefficient (Wildman–Crippen LogP) is 5.98. The van der Waals surface area contributed by atoms with Crippen molar-refractivity contribution in [1.29, 1.82) is 0 Å². The lowest BCUT2D eigenvalue weighted by molar-refractivity contribution is 0.0736. The van der Waals surface area contributed by atoms with E-state index in [-0.39, 0.29) is 5.91 Å². The van der Waals surface area contributed by atoms with Crippen LogP contribution in [-0.2, 0) is 0 Å². The molecular formula is C30H22N2O4. The Balaban J connectivity index is 1.45. The summed E-state index contributed by atoms with van der Waals surface area (Å²) >= 11 is 0. The molecular weight excluding hydrogens is 452 g/mol. The number of hydrazone groups is 1. The highest BCUT2D eigenvalue weighted by atomic mass is 16.5. The number of nitrogens with one attached hydrogen (secondary N) is 1. The van der Waals surface area contributed by atoms with Gasteiger partial charge in [-0.1, -0.05) is 66.7 Å². The summed E-state index contributed by atoms with van der Waals surface area (Å²) < 4.78 is 11.0. The average Bonchev–Trinajstić information content (AvgIpc) is 2.93. The monoisotopic (exact) mass is 474 g/mol. The topological polar surface area (TPSA) is 77.0 Å². The number of hydrogen-bond donors (Lipinski definition) is 1. The molecule has 0 aliphatic rings. The van der Waals surface area contributed by atoms with Crippen LogP contribution >= 0.6 is 0 Å². The summed E-state index contributed by atoms with van der Waals surface area (Å²) in [5, 5.41) is 7.70. The van der Waals surface area contributed by atoms with Crippen molar-refractivity contribution in [2.24, 2.45) is 5.10 Å². The van der Waals surface area contributed by atoms with Crippen molar-refractivity contribution in [2.75, 3.05) is 7.11 Å². The van der Waals surface area contributed by atoms with Crippen molar-refractivity contribution in [3.63, 3.8) is 0 Å². The molecule has 0 spiro atoms. The van der Waals surface area contributed by atoms with E-state index in [9.17, 15) is 9.59 Å². The van der Waals surface area contributed by atoms with E-state index < -0.39 is 5.97 Å². The molecule has 0 heterocycles. The Morgan fingerprint density at radius 2 is 1.42 bits per heavy atom. The molecule has 0 radical (unpaired) electrons. The number of nitrogens with zero attached hydrogens (tertiary/aromatic N) is 1. The normalized spacial score (nSPS) is 11.0. The second-order valence-corrected chi connectivity index (χ2v) is 8.04. The first-order valence-corrected chi connectivity index (χ1v) is 11.3. The molecule has 0 saturated heterocycles. The first kappa shape index (κ1) is 22.8. The van der Waals surface area contributed by atoms with Gasteiger partial charge in [-0.05, 0) is 57.9 Å². The van der Waals surface area contributed by atoms with Gasteiger partial charge in [-0.3, -0.25) is 4.79 Å². The number of rotatable bonds is 6. The van der Waals surface area contributed by atoms with Crippen molar-refractivity contribution >= 4 is 39.6 Å². The zero-order chi connectivity index (χ0) is 24.9. The molecule has 0 bridgehead atoms. The molecule has 0 saturated carbocycles. The molecule has 5 aromatic carbocycles. The van der Waals surface area contributed by atoms with Crippen molar-refractivity contribution in [1.82, 2.24) is 5.43 Å². The fraction of sp³-hybridized carbons (Fsp3) is 0.0333. The third kappa shape index (κ3) is 4.65. The smallest absolute Gasteiger partial charge is 0.344 e. The SMILES string of the molecule is COc1ccc(C(=O)NN=Cc2c(OC(=O)c3cccc4ccccc34)ccc3ccccc23)cc1. The van der Waals surface area contributed by atoms with Crippen LogP contribution in [0.2, 0.25) is 0 Å². The molecule has 0 aromatic heterocycles. The minimum atomic E-state index is -0.473. The van der Waals surface area contributed by atoms with Crippen molar-refractivity contribution in [2.45, 2.75) is 0 Å². The lowest BCUT2D eigenvalue weighted by Crippen LogP contribution is -2.17. The lowest BCUT2D eigenvalue weighted by atomic mass is 10.0. The Kier molecular flexibility index (Phi) is 6.40. The van der Waals surface area contributed by atoms with E-state index >= 15 is 0 Å². The van der Waals surface area contributed by atoms with Gasteiger partial charge < -0.3 is 9.47 Å². The molecule has 1 N–H and O–H groups in total. The Hall–Kier alpha value is -4.97. The maximum Gasteiger partial charge on any atom is 0.344 e. The second-order valence-electron chi connectivity index (χ2n) is 8.04. The molecule has 6 nitrogen and oxygen atoms in total. The molecule has 6 heteroatoms. The van der Waals surface area contributed by atoms with Crippen LogP contribution in [0.4, 0.5) is 0 Å². The molecule has 0 aliphatic heterocycles. The number of hydrogen-bond acceptors (Lipinski definition) is 5.